The lowest BCUT2D eigenvalue weighted by Gasteiger charge is -2.12. The van der Waals surface area contributed by atoms with E-state index in [0.717, 1.165) is 37.3 Å². The molecule has 1 rings (SSSR count). The van der Waals surface area contributed by atoms with Crippen LogP contribution in [-0.4, -0.2) is 34.6 Å². The van der Waals surface area contributed by atoms with Crippen LogP contribution in [0.1, 0.15) is 32.3 Å². The molecule has 0 bridgehead atoms. The van der Waals surface area contributed by atoms with Crippen LogP contribution in [0.15, 0.2) is 6.20 Å². The molecule has 0 spiro atoms. The van der Waals surface area contributed by atoms with Gasteiger partial charge < -0.3 is 10.6 Å². The Morgan fingerprint density at radius 1 is 1.33 bits per heavy atom. The average Bonchev–Trinajstić information content (AvgIpc) is 2.39. The summed E-state index contributed by atoms with van der Waals surface area (Å²) < 4.78 is 0. The number of aromatic nitrogens is 2. The van der Waals surface area contributed by atoms with Gasteiger partial charge in [0.2, 0.25) is 5.95 Å². The van der Waals surface area contributed by atoms with Crippen LogP contribution >= 0.6 is 11.8 Å². The van der Waals surface area contributed by atoms with Gasteiger partial charge in [-0.25, -0.2) is 4.98 Å². The molecule has 0 aliphatic rings. The number of nitrogens with zero attached hydrogens (tertiary/aromatic N) is 2. The molecule has 4 nitrogen and oxygen atoms in total. The first-order chi connectivity index (χ1) is 8.67. The van der Waals surface area contributed by atoms with E-state index in [0.29, 0.717) is 11.2 Å². The maximum Gasteiger partial charge on any atom is 0.224 e. The van der Waals surface area contributed by atoms with Crippen LogP contribution in [0.2, 0.25) is 0 Å². The number of hydrogen-bond donors (Lipinski definition) is 2. The summed E-state index contributed by atoms with van der Waals surface area (Å²) in [4.78, 5) is 8.76. The minimum atomic E-state index is 0.678. The zero-order valence-corrected chi connectivity index (χ0v) is 12.6. The predicted octanol–water partition coefficient (Wildman–Crippen LogP) is 3.16. The molecule has 1 aromatic rings. The lowest BCUT2D eigenvalue weighted by atomic mass is 10.3. The second-order valence-electron chi connectivity index (χ2n) is 4.41. The fraction of sp³-hybridized carbons (Fsp3) is 0.692. The third-order valence-corrected chi connectivity index (χ3v) is 3.79. The minimum Gasteiger partial charge on any atom is -0.370 e. The van der Waals surface area contributed by atoms with Crippen molar-refractivity contribution in [1.82, 2.24) is 9.97 Å². The Morgan fingerprint density at radius 2 is 2.11 bits per heavy atom. The van der Waals surface area contributed by atoms with Crippen molar-refractivity contribution in [2.24, 2.45) is 0 Å². The largest absolute Gasteiger partial charge is 0.370 e. The van der Waals surface area contributed by atoms with Crippen LogP contribution in [-0.2, 0) is 0 Å². The van der Waals surface area contributed by atoms with Crippen molar-refractivity contribution >= 4 is 23.5 Å². The Bertz CT molecular complexity index is 357. The first kappa shape index (κ1) is 15.1. The summed E-state index contributed by atoms with van der Waals surface area (Å²) >= 11 is 1.89. The molecule has 0 saturated heterocycles. The molecular formula is C13H24N4S. The topological polar surface area (TPSA) is 49.8 Å². The molecule has 1 heterocycles. The Labute approximate surface area is 114 Å². The second-order valence-corrected chi connectivity index (χ2v) is 5.69. The van der Waals surface area contributed by atoms with Gasteiger partial charge in [0, 0.05) is 30.1 Å². The van der Waals surface area contributed by atoms with Gasteiger partial charge in [0.1, 0.15) is 5.82 Å². The summed E-state index contributed by atoms with van der Waals surface area (Å²) in [6.45, 7) is 8.26. The van der Waals surface area contributed by atoms with E-state index >= 15 is 0 Å². The van der Waals surface area contributed by atoms with Crippen LogP contribution in [0, 0.1) is 6.92 Å². The molecule has 0 aliphatic carbocycles. The van der Waals surface area contributed by atoms with Gasteiger partial charge in [-0.05, 0) is 26.0 Å². The third kappa shape index (κ3) is 5.12. The average molecular weight is 268 g/mol. The van der Waals surface area contributed by atoms with Gasteiger partial charge in [0.15, 0.2) is 0 Å². The summed E-state index contributed by atoms with van der Waals surface area (Å²) in [6, 6.07) is 0. The number of nitrogens with one attached hydrogen (secondary N) is 2. The zero-order valence-electron chi connectivity index (χ0n) is 11.8. The van der Waals surface area contributed by atoms with Crippen molar-refractivity contribution in [1.29, 1.82) is 0 Å². The third-order valence-electron chi connectivity index (χ3n) is 2.75. The zero-order chi connectivity index (χ0) is 13.4. The van der Waals surface area contributed by atoms with Gasteiger partial charge in [0.05, 0.1) is 0 Å². The lowest BCUT2D eigenvalue weighted by Crippen LogP contribution is -2.12. The van der Waals surface area contributed by atoms with E-state index in [1.165, 1.54) is 0 Å². The quantitative estimate of drug-likeness (QED) is 0.758. The molecule has 0 aliphatic heterocycles. The smallest absolute Gasteiger partial charge is 0.224 e. The molecule has 2 N–H and O–H groups in total. The Hall–Kier alpha value is -0.970. The van der Waals surface area contributed by atoms with Gasteiger partial charge >= 0.3 is 0 Å². The highest BCUT2D eigenvalue weighted by Crippen LogP contribution is 2.14. The number of thioether (sulfide) groups is 1. The number of anilines is 2. The molecule has 0 amide bonds. The molecule has 102 valence electrons. The van der Waals surface area contributed by atoms with E-state index in [9.17, 15) is 0 Å². The van der Waals surface area contributed by atoms with Crippen molar-refractivity contribution in [2.75, 3.05) is 30.0 Å². The summed E-state index contributed by atoms with van der Waals surface area (Å²) in [5.74, 6) is 1.65. The summed E-state index contributed by atoms with van der Waals surface area (Å²) in [5.41, 5.74) is 1.09. The molecule has 0 aromatic carbocycles. The molecule has 5 heteroatoms. The van der Waals surface area contributed by atoms with Gasteiger partial charge in [-0.1, -0.05) is 13.8 Å². The Kier molecular flexibility index (Phi) is 6.86. The van der Waals surface area contributed by atoms with Crippen molar-refractivity contribution < 1.29 is 0 Å². The van der Waals surface area contributed by atoms with Crippen molar-refractivity contribution in [3.63, 3.8) is 0 Å². The fourth-order valence-corrected chi connectivity index (χ4v) is 1.81. The molecular weight excluding hydrogens is 244 g/mol. The predicted molar refractivity (Wildman–Crippen MR) is 81.6 cm³/mol. The Balaban J connectivity index is 2.52. The van der Waals surface area contributed by atoms with Gasteiger partial charge in [-0.15, -0.1) is 0 Å². The van der Waals surface area contributed by atoms with Crippen LogP contribution in [0.25, 0.3) is 0 Å². The fourth-order valence-electron chi connectivity index (χ4n) is 1.45. The number of rotatable bonds is 8. The van der Waals surface area contributed by atoms with Crippen molar-refractivity contribution in [2.45, 2.75) is 38.9 Å². The normalized spacial score (nSPS) is 12.2. The summed E-state index contributed by atoms with van der Waals surface area (Å²) in [5, 5.41) is 7.27. The standard InChI is InChI=1S/C13H24N4S/c1-5-7-15-13-16-9-10(2)12(17-13)14-8-6-11(3)18-4/h9,11H,5-8H2,1-4H3,(H2,14,15,16,17). The molecule has 1 aromatic heterocycles. The Morgan fingerprint density at radius 3 is 2.78 bits per heavy atom. The first-order valence-electron chi connectivity index (χ1n) is 6.51. The second kappa shape index (κ2) is 8.19. The monoisotopic (exact) mass is 268 g/mol. The van der Waals surface area contributed by atoms with Gasteiger partial charge in [-0.3, -0.25) is 0 Å². The molecule has 18 heavy (non-hydrogen) atoms. The lowest BCUT2D eigenvalue weighted by molar-refractivity contribution is 0.847. The van der Waals surface area contributed by atoms with E-state index in [2.05, 4.69) is 40.7 Å². The van der Waals surface area contributed by atoms with Crippen LogP contribution < -0.4 is 10.6 Å². The first-order valence-corrected chi connectivity index (χ1v) is 7.80. The van der Waals surface area contributed by atoms with E-state index in [4.69, 9.17) is 0 Å². The van der Waals surface area contributed by atoms with Crippen molar-refractivity contribution in [3.05, 3.63) is 11.8 Å². The van der Waals surface area contributed by atoms with Crippen LogP contribution in [0.5, 0.6) is 0 Å². The van der Waals surface area contributed by atoms with E-state index in [1.807, 2.05) is 24.9 Å². The van der Waals surface area contributed by atoms with Crippen LogP contribution in [0.3, 0.4) is 0 Å². The van der Waals surface area contributed by atoms with E-state index in [1.54, 1.807) is 0 Å². The SMILES string of the molecule is CCCNc1ncc(C)c(NCCC(C)SC)n1. The maximum atomic E-state index is 4.49. The summed E-state index contributed by atoms with van der Waals surface area (Å²) in [6.07, 6.45) is 6.23. The minimum absolute atomic E-state index is 0.678. The summed E-state index contributed by atoms with van der Waals surface area (Å²) in [7, 11) is 0. The highest BCUT2D eigenvalue weighted by atomic mass is 32.2. The molecule has 0 saturated carbocycles. The van der Waals surface area contributed by atoms with Crippen molar-refractivity contribution in [3.8, 4) is 0 Å². The van der Waals surface area contributed by atoms with E-state index < -0.39 is 0 Å². The van der Waals surface area contributed by atoms with Crippen LogP contribution in [0.4, 0.5) is 11.8 Å². The number of hydrogen-bond acceptors (Lipinski definition) is 5. The highest BCUT2D eigenvalue weighted by molar-refractivity contribution is 7.99. The molecule has 1 unspecified atom stereocenters. The molecule has 1 atom stereocenters. The number of aryl methyl sites for hydroxylation is 1. The van der Waals surface area contributed by atoms with Gasteiger partial charge in [-0.2, -0.15) is 16.7 Å². The highest BCUT2D eigenvalue weighted by Gasteiger charge is 2.04. The molecule has 0 radical (unpaired) electrons. The van der Waals surface area contributed by atoms with E-state index in [-0.39, 0.29) is 0 Å². The van der Waals surface area contributed by atoms with Gasteiger partial charge in [0.25, 0.3) is 0 Å². The maximum absolute atomic E-state index is 4.49. The molecule has 0 fully saturated rings.